The van der Waals surface area contributed by atoms with Gasteiger partial charge in [-0.2, -0.15) is 0 Å². The number of fused-ring (bicyclic) bond motifs is 1. The molecule has 0 aromatic heterocycles. The fraction of sp³-hybridized carbons (Fsp3) is 0.158. The van der Waals surface area contributed by atoms with Crippen LogP contribution in [0.4, 0.5) is 10.1 Å². The van der Waals surface area contributed by atoms with Crippen molar-refractivity contribution in [2.45, 2.75) is 18.4 Å². The van der Waals surface area contributed by atoms with Crippen LogP contribution in [0.1, 0.15) is 12.5 Å². The Morgan fingerprint density at radius 3 is 2.81 bits per heavy atom. The summed E-state index contributed by atoms with van der Waals surface area (Å²) in [5, 5.41) is 9.16. The summed E-state index contributed by atoms with van der Waals surface area (Å²) < 4.78 is 20.5. The first-order valence-corrected chi connectivity index (χ1v) is 10.1. The number of halogens is 2. The van der Waals surface area contributed by atoms with Gasteiger partial charge in [-0.25, -0.2) is 9.18 Å². The summed E-state index contributed by atoms with van der Waals surface area (Å²) in [5.74, 6) is -0.762. The van der Waals surface area contributed by atoms with E-state index in [-0.39, 0.29) is 12.4 Å². The van der Waals surface area contributed by atoms with E-state index in [0.29, 0.717) is 32.3 Å². The molecule has 0 atom stereocenters. The minimum absolute atomic E-state index is 0.191. The first-order chi connectivity index (χ1) is 12.9. The van der Waals surface area contributed by atoms with Crippen molar-refractivity contribution in [3.8, 4) is 5.75 Å². The lowest BCUT2D eigenvalue weighted by atomic mass is 10.1. The highest BCUT2D eigenvalue weighted by Crippen LogP contribution is 2.44. The summed E-state index contributed by atoms with van der Waals surface area (Å²) >= 11 is 10.0. The number of hydrogen-bond donors (Lipinski definition) is 1. The number of rotatable bonds is 5. The lowest BCUT2D eigenvalue weighted by Crippen LogP contribution is -2.33. The summed E-state index contributed by atoms with van der Waals surface area (Å²) in [4.78, 5) is 14.5. The number of hydrogen-bond acceptors (Lipinski definition) is 4. The maximum absolute atomic E-state index is 14.3. The number of thiocarbonyl (C=S) groups is 1. The maximum Gasteiger partial charge on any atom is 0.329 e. The van der Waals surface area contributed by atoms with Gasteiger partial charge in [-0.05, 0) is 37.3 Å². The zero-order chi connectivity index (χ0) is 19.6. The average Bonchev–Trinajstić information content (AvgIpc) is 2.60. The van der Waals surface area contributed by atoms with Crippen LogP contribution < -0.4 is 9.64 Å². The number of aliphatic carboxylic acids is 1. The molecule has 0 saturated carbocycles. The molecular formula is C19H15BrFNO3S2. The molecule has 1 heterocycles. The summed E-state index contributed by atoms with van der Waals surface area (Å²) in [5.41, 5.74) is 1.25. The monoisotopic (exact) mass is 467 g/mol. The van der Waals surface area contributed by atoms with Crippen molar-refractivity contribution in [2.75, 3.05) is 11.5 Å². The molecule has 0 unspecified atom stereocenters. The molecule has 8 heteroatoms. The Morgan fingerprint density at radius 1 is 1.37 bits per heavy atom. The Kier molecular flexibility index (Phi) is 6.18. The predicted molar refractivity (Wildman–Crippen MR) is 112 cm³/mol. The van der Waals surface area contributed by atoms with Crippen molar-refractivity contribution in [1.29, 1.82) is 0 Å². The Hall–Kier alpha value is -1.90. The van der Waals surface area contributed by atoms with Crippen LogP contribution in [-0.4, -0.2) is 22.7 Å². The Labute approximate surface area is 174 Å². The fourth-order valence-corrected chi connectivity index (χ4v) is 4.37. The Balaban J connectivity index is 2.05. The molecule has 0 fully saturated rings. The second kappa shape index (κ2) is 8.41. The Bertz CT molecular complexity index is 949. The minimum Gasteiger partial charge on any atom is -0.494 e. The highest BCUT2D eigenvalue weighted by Gasteiger charge is 2.28. The van der Waals surface area contributed by atoms with E-state index in [9.17, 15) is 9.18 Å². The second-order valence-corrected chi connectivity index (χ2v) is 8.02. The van der Waals surface area contributed by atoms with E-state index in [2.05, 4.69) is 15.9 Å². The van der Waals surface area contributed by atoms with Gasteiger partial charge in [0.2, 0.25) is 0 Å². The predicted octanol–water partition coefficient (Wildman–Crippen LogP) is 5.40. The number of carboxylic acid groups (broad SMARTS) is 1. The quantitative estimate of drug-likeness (QED) is 0.469. The summed E-state index contributed by atoms with van der Waals surface area (Å²) in [6.07, 6.45) is 1.08. The molecule has 2 aromatic rings. The van der Waals surface area contributed by atoms with E-state index in [1.165, 1.54) is 17.8 Å². The van der Waals surface area contributed by atoms with Crippen molar-refractivity contribution in [3.63, 3.8) is 0 Å². The van der Waals surface area contributed by atoms with Crippen molar-refractivity contribution < 1.29 is 19.0 Å². The van der Waals surface area contributed by atoms with Crippen molar-refractivity contribution >= 4 is 56.6 Å². The van der Waals surface area contributed by atoms with Gasteiger partial charge in [0.15, 0.2) is 0 Å². The van der Waals surface area contributed by atoms with Gasteiger partial charge in [0, 0.05) is 21.0 Å². The molecule has 140 valence electrons. The average molecular weight is 468 g/mol. The molecule has 2 aromatic carbocycles. The normalized spacial score (nSPS) is 15.0. The number of nitrogens with zero attached hydrogens (tertiary/aromatic N) is 1. The highest BCUT2D eigenvalue weighted by atomic mass is 79.9. The number of thioether (sulfide) groups is 1. The van der Waals surface area contributed by atoms with Gasteiger partial charge in [0.25, 0.3) is 0 Å². The van der Waals surface area contributed by atoms with Gasteiger partial charge >= 0.3 is 5.97 Å². The van der Waals surface area contributed by atoms with Crippen LogP contribution in [-0.2, 0) is 11.3 Å². The number of benzene rings is 2. The van der Waals surface area contributed by atoms with Gasteiger partial charge in [0.1, 0.15) is 16.6 Å². The largest absolute Gasteiger partial charge is 0.494 e. The Morgan fingerprint density at radius 2 is 2.15 bits per heavy atom. The van der Waals surface area contributed by atoms with E-state index in [1.807, 2.05) is 25.1 Å². The third kappa shape index (κ3) is 4.51. The van der Waals surface area contributed by atoms with Crippen LogP contribution in [0.2, 0.25) is 0 Å². The van der Waals surface area contributed by atoms with Crippen molar-refractivity contribution in [1.82, 2.24) is 0 Å². The third-order valence-electron chi connectivity index (χ3n) is 3.81. The number of carboxylic acids is 1. The molecule has 0 saturated heterocycles. The molecule has 1 aliphatic heterocycles. The van der Waals surface area contributed by atoms with E-state index in [0.717, 1.165) is 16.7 Å². The fourth-order valence-electron chi connectivity index (χ4n) is 2.64. The summed E-state index contributed by atoms with van der Waals surface area (Å²) in [6, 6.07) is 10.3. The van der Waals surface area contributed by atoms with Gasteiger partial charge < -0.3 is 14.7 Å². The molecule has 0 aliphatic carbocycles. The van der Waals surface area contributed by atoms with Crippen LogP contribution >= 0.6 is 39.9 Å². The molecule has 0 bridgehead atoms. The molecule has 0 spiro atoms. The molecule has 1 N–H and O–H groups in total. The molecule has 0 radical (unpaired) electrons. The zero-order valence-corrected chi connectivity index (χ0v) is 17.5. The number of ether oxygens (including phenoxy) is 1. The smallest absolute Gasteiger partial charge is 0.329 e. The third-order valence-corrected chi connectivity index (χ3v) is 5.95. The highest BCUT2D eigenvalue weighted by molar-refractivity contribution is 9.10. The van der Waals surface area contributed by atoms with Crippen LogP contribution in [0.3, 0.4) is 0 Å². The molecule has 0 amide bonds. The zero-order valence-electron chi connectivity index (χ0n) is 14.2. The van der Waals surface area contributed by atoms with Gasteiger partial charge in [-0.15, -0.1) is 0 Å². The molecule has 3 rings (SSSR count). The van der Waals surface area contributed by atoms with E-state index in [4.69, 9.17) is 22.1 Å². The minimum atomic E-state index is -1.08. The van der Waals surface area contributed by atoms with E-state index in [1.54, 1.807) is 17.0 Å². The summed E-state index contributed by atoms with van der Waals surface area (Å²) in [6.45, 7) is 2.60. The van der Waals surface area contributed by atoms with Crippen molar-refractivity contribution in [3.05, 3.63) is 63.2 Å². The van der Waals surface area contributed by atoms with Gasteiger partial charge in [0.05, 0.1) is 23.7 Å². The van der Waals surface area contributed by atoms with E-state index < -0.39 is 5.97 Å². The summed E-state index contributed by atoms with van der Waals surface area (Å²) in [7, 11) is 0. The first-order valence-electron chi connectivity index (χ1n) is 8.04. The van der Waals surface area contributed by atoms with Crippen molar-refractivity contribution in [2.24, 2.45) is 0 Å². The maximum atomic E-state index is 14.3. The SMILES string of the molecule is CCOc1ccc2c(c1)SC(=CC(=O)O)C(=S)N2Cc1ccc(Br)cc1F. The van der Waals surface area contributed by atoms with Crippen LogP contribution in [0.25, 0.3) is 0 Å². The lowest BCUT2D eigenvalue weighted by Gasteiger charge is -2.33. The lowest BCUT2D eigenvalue weighted by molar-refractivity contribution is -0.131. The van der Waals surface area contributed by atoms with Crippen LogP contribution in [0.15, 0.2) is 56.7 Å². The molecule has 1 aliphatic rings. The van der Waals surface area contributed by atoms with Gasteiger partial charge in [-0.1, -0.05) is 46.0 Å². The van der Waals surface area contributed by atoms with E-state index >= 15 is 0 Å². The second-order valence-electron chi connectivity index (χ2n) is 5.64. The molecule has 4 nitrogen and oxygen atoms in total. The van der Waals surface area contributed by atoms with Gasteiger partial charge in [-0.3, -0.25) is 0 Å². The number of anilines is 1. The topological polar surface area (TPSA) is 49.8 Å². The molecular weight excluding hydrogens is 453 g/mol. The van der Waals surface area contributed by atoms with Crippen LogP contribution in [0, 0.1) is 5.82 Å². The number of carbonyl (C=O) groups is 1. The standard InChI is InChI=1S/C19H15BrFNO3S2/c1-2-25-13-5-6-15-16(8-13)27-17(9-18(23)24)19(26)22(15)10-11-3-4-12(20)7-14(11)21/h3-9H,2,10H2,1H3,(H,23,24). The van der Waals surface area contributed by atoms with Crippen LogP contribution in [0.5, 0.6) is 5.75 Å². The molecule has 27 heavy (non-hydrogen) atoms. The first kappa shape index (κ1) is 19.9.